The zero-order valence-corrected chi connectivity index (χ0v) is 14.7. The van der Waals surface area contributed by atoms with E-state index in [4.69, 9.17) is 0 Å². The molecule has 2 saturated heterocycles. The van der Waals surface area contributed by atoms with E-state index >= 15 is 0 Å². The number of benzene rings is 1. The summed E-state index contributed by atoms with van der Waals surface area (Å²) in [5.41, 5.74) is 1.01. The smallest absolute Gasteiger partial charge is 0.294 e. The van der Waals surface area contributed by atoms with Crippen LogP contribution in [0.25, 0.3) is 6.08 Å². The predicted octanol–water partition coefficient (Wildman–Crippen LogP) is 3.29. The quantitative estimate of drug-likeness (QED) is 0.777. The van der Waals surface area contributed by atoms with Gasteiger partial charge in [-0.3, -0.25) is 19.3 Å². The number of allylic oxidation sites excluding steroid dienone is 2. The van der Waals surface area contributed by atoms with Crippen LogP contribution < -0.4 is 0 Å². The third-order valence-corrected chi connectivity index (χ3v) is 5.14. The maximum Gasteiger partial charge on any atom is 0.294 e. The molecule has 1 aromatic carbocycles. The first kappa shape index (κ1) is 17.5. The fraction of sp³-hybridized carbons (Fsp3) is 0.316. The lowest BCUT2D eigenvalue weighted by Gasteiger charge is -2.27. The van der Waals surface area contributed by atoms with Crippen LogP contribution in [-0.4, -0.2) is 46.5 Å². The molecule has 0 aliphatic carbocycles. The van der Waals surface area contributed by atoms with Gasteiger partial charge in [0, 0.05) is 13.1 Å². The van der Waals surface area contributed by atoms with Crippen LogP contribution in [0, 0.1) is 0 Å². The summed E-state index contributed by atoms with van der Waals surface area (Å²) >= 11 is 0.882. The standard InChI is InChI=1S/C19H20N2O3S/c22-17(20-12-5-2-6-13-20)14-21-18(23)16(25-19(21)24)11-7-10-15-8-3-1-4-9-15/h1,3-4,7-11H,2,5-6,12-14H2/b10-7+,16-11-. The van der Waals surface area contributed by atoms with Crippen LogP contribution in [0.3, 0.4) is 0 Å². The molecule has 2 aliphatic heterocycles. The van der Waals surface area contributed by atoms with E-state index in [9.17, 15) is 14.4 Å². The van der Waals surface area contributed by atoms with Gasteiger partial charge in [-0.2, -0.15) is 0 Å². The van der Waals surface area contributed by atoms with Crippen molar-refractivity contribution in [2.45, 2.75) is 19.3 Å². The molecule has 0 aromatic heterocycles. The monoisotopic (exact) mass is 356 g/mol. The SMILES string of the molecule is O=C(CN1C(=O)S/C(=C\C=C\c2ccccc2)C1=O)N1CCCCC1. The highest BCUT2D eigenvalue weighted by Gasteiger charge is 2.36. The normalized spacial score (nSPS) is 20.1. The minimum Gasteiger partial charge on any atom is -0.341 e. The molecular weight excluding hydrogens is 336 g/mol. The van der Waals surface area contributed by atoms with Gasteiger partial charge in [-0.25, -0.2) is 0 Å². The number of rotatable bonds is 4. The number of amides is 3. The van der Waals surface area contributed by atoms with E-state index in [2.05, 4.69) is 0 Å². The van der Waals surface area contributed by atoms with Gasteiger partial charge in [-0.15, -0.1) is 0 Å². The van der Waals surface area contributed by atoms with E-state index in [1.165, 1.54) is 0 Å². The van der Waals surface area contributed by atoms with Crippen LogP contribution in [0.1, 0.15) is 24.8 Å². The first-order valence-electron chi connectivity index (χ1n) is 8.40. The molecule has 3 rings (SSSR count). The van der Waals surface area contributed by atoms with Crippen molar-refractivity contribution in [2.24, 2.45) is 0 Å². The number of nitrogens with zero attached hydrogens (tertiary/aromatic N) is 2. The summed E-state index contributed by atoms with van der Waals surface area (Å²) in [6.45, 7) is 1.26. The molecule has 0 N–H and O–H groups in total. The van der Waals surface area contributed by atoms with E-state index in [-0.39, 0.29) is 17.7 Å². The van der Waals surface area contributed by atoms with Crippen LogP contribution in [0.4, 0.5) is 4.79 Å². The summed E-state index contributed by atoms with van der Waals surface area (Å²) in [7, 11) is 0. The second kappa shape index (κ2) is 8.16. The topological polar surface area (TPSA) is 57.7 Å². The number of imide groups is 1. The Morgan fingerprint density at radius 3 is 2.52 bits per heavy atom. The molecule has 2 fully saturated rings. The van der Waals surface area contributed by atoms with Gasteiger partial charge in [0.25, 0.3) is 11.1 Å². The van der Waals surface area contributed by atoms with Crippen molar-refractivity contribution < 1.29 is 14.4 Å². The molecule has 6 heteroatoms. The van der Waals surface area contributed by atoms with Crippen LogP contribution in [0.2, 0.25) is 0 Å². The van der Waals surface area contributed by atoms with Gasteiger partial charge in [-0.05, 0) is 42.7 Å². The molecule has 0 spiro atoms. The Morgan fingerprint density at radius 2 is 1.80 bits per heavy atom. The van der Waals surface area contributed by atoms with Gasteiger partial charge in [-0.1, -0.05) is 42.5 Å². The number of likely N-dealkylation sites (tertiary alicyclic amines) is 1. The van der Waals surface area contributed by atoms with Crippen LogP contribution in [-0.2, 0) is 9.59 Å². The number of carbonyl (C=O) groups excluding carboxylic acids is 3. The molecular formula is C19H20N2O3S. The van der Waals surface area contributed by atoms with Gasteiger partial charge >= 0.3 is 0 Å². The van der Waals surface area contributed by atoms with Crippen molar-refractivity contribution >= 4 is 34.9 Å². The second-order valence-corrected chi connectivity index (χ2v) is 6.99. The van der Waals surface area contributed by atoms with Gasteiger partial charge in [0.1, 0.15) is 6.54 Å². The van der Waals surface area contributed by atoms with Crippen molar-refractivity contribution in [3.8, 4) is 0 Å². The lowest BCUT2D eigenvalue weighted by molar-refractivity contribution is -0.136. The average Bonchev–Trinajstić information content (AvgIpc) is 2.91. The maximum absolute atomic E-state index is 12.4. The summed E-state index contributed by atoms with van der Waals surface area (Å²) in [6, 6.07) is 9.70. The average molecular weight is 356 g/mol. The molecule has 1 aromatic rings. The van der Waals surface area contributed by atoms with E-state index in [0.29, 0.717) is 18.0 Å². The van der Waals surface area contributed by atoms with E-state index in [0.717, 1.165) is 41.5 Å². The Morgan fingerprint density at radius 1 is 1.08 bits per heavy atom. The fourth-order valence-electron chi connectivity index (χ4n) is 2.84. The largest absolute Gasteiger partial charge is 0.341 e. The number of hydrogen-bond donors (Lipinski definition) is 0. The Balaban J connectivity index is 1.62. The summed E-state index contributed by atoms with van der Waals surface area (Å²) in [4.78, 5) is 39.9. The van der Waals surface area contributed by atoms with Crippen molar-refractivity contribution in [2.75, 3.05) is 19.6 Å². The summed E-state index contributed by atoms with van der Waals surface area (Å²) < 4.78 is 0. The van der Waals surface area contributed by atoms with Gasteiger partial charge in [0.2, 0.25) is 5.91 Å². The number of carbonyl (C=O) groups is 3. The Bertz CT molecular complexity index is 721. The highest BCUT2D eigenvalue weighted by molar-refractivity contribution is 8.18. The second-order valence-electron chi connectivity index (χ2n) is 6.00. The molecule has 0 radical (unpaired) electrons. The number of hydrogen-bond acceptors (Lipinski definition) is 4. The molecule has 0 saturated carbocycles. The first-order valence-corrected chi connectivity index (χ1v) is 9.21. The van der Waals surface area contributed by atoms with E-state index < -0.39 is 5.91 Å². The molecule has 25 heavy (non-hydrogen) atoms. The Hall–Kier alpha value is -2.34. The third-order valence-electron chi connectivity index (χ3n) is 4.21. The van der Waals surface area contributed by atoms with Crippen molar-refractivity contribution in [1.82, 2.24) is 9.80 Å². The zero-order valence-electron chi connectivity index (χ0n) is 13.9. The minimum absolute atomic E-state index is 0.150. The highest BCUT2D eigenvalue weighted by atomic mass is 32.2. The highest BCUT2D eigenvalue weighted by Crippen LogP contribution is 2.30. The van der Waals surface area contributed by atoms with E-state index in [1.54, 1.807) is 17.1 Å². The molecule has 5 nitrogen and oxygen atoms in total. The zero-order chi connectivity index (χ0) is 17.6. The number of thioether (sulfide) groups is 1. The van der Waals surface area contributed by atoms with Crippen LogP contribution >= 0.6 is 11.8 Å². The fourth-order valence-corrected chi connectivity index (χ4v) is 3.63. The van der Waals surface area contributed by atoms with Gasteiger partial charge < -0.3 is 4.90 Å². The van der Waals surface area contributed by atoms with E-state index in [1.807, 2.05) is 36.4 Å². The van der Waals surface area contributed by atoms with Crippen molar-refractivity contribution in [1.29, 1.82) is 0 Å². The lowest BCUT2D eigenvalue weighted by atomic mass is 10.1. The summed E-state index contributed by atoms with van der Waals surface area (Å²) in [5.74, 6) is -0.541. The third kappa shape index (κ3) is 4.39. The number of piperidine rings is 1. The lowest BCUT2D eigenvalue weighted by Crippen LogP contribution is -2.44. The van der Waals surface area contributed by atoms with Crippen LogP contribution in [0.15, 0.2) is 47.4 Å². The summed E-state index contributed by atoms with van der Waals surface area (Å²) in [6.07, 6.45) is 8.34. The molecule has 0 unspecified atom stereocenters. The van der Waals surface area contributed by atoms with Gasteiger partial charge in [0.15, 0.2) is 0 Å². The molecule has 2 aliphatic rings. The first-order chi connectivity index (χ1) is 12.1. The maximum atomic E-state index is 12.4. The summed E-state index contributed by atoms with van der Waals surface area (Å²) in [5, 5.41) is -0.380. The Labute approximate surface area is 151 Å². The van der Waals surface area contributed by atoms with Gasteiger partial charge in [0.05, 0.1) is 4.91 Å². The van der Waals surface area contributed by atoms with Crippen molar-refractivity contribution in [3.05, 3.63) is 53.0 Å². The van der Waals surface area contributed by atoms with Crippen LogP contribution in [0.5, 0.6) is 0 Å². The predicted molar refractivity (Wildman–Crippen MR) is 98.7 cm³/mol. The molecule has 2 heterocycles. The molecule has 3 amide bonds. The molecule has 0 atom stereocenters. The Kier molecular flexibility index (Phi) is 5.71. The molecule has 0 bridgehead atoms. The van der Waals surface area contributed by atoms with Crippen molar-refractivity contribution in [3.63, 3.8) is 0 Å². The minimum atomic E-state index is -0.391. The molecule has 130 valence electrons.